The number of carbonyl (C=O) groups excluding carboxylic acids is 1. The van der Waals surface area contributed by atoms with Crippen LogP contribution < -0.4 is 5.69 Å². The summed E-state index contributed by atoms with van der Waals surface area (Å²) < 4.78 is 4.74. The highest BCUT2D eigenvalue weighted by atomic mass is 16.2. The third-order valence-corrected chi connectivity index (χ3v) is 5.37. The van der Waals surface area contributed by atoms with Gasteiger partial charge in [-0.3, -0.25) is 4.79 Å². The van der Waals surface area contributed by atoms with Gasteiger partial charge in [-0.2, -0.15) is 0 Å². The molecule has 3 heterocycles. The Bertz CT molecular complexity index is 1000. The Morgan fingerprint density at radius 3 is 2.48 bits per heavy atom. The van der Waals surface area contributed by atoms with E-state index in [1.165, 1.54) is 4.68 Å². The topological polar surface area (TPSA) is 64.5 Å². The first-order valence-electron chi connectivity index (χ1n) is 8.83. The summed E-state index contributed by atoms with van der Waals surface area (Å²) in [5.41, 5.74) is 1.49. The third-order valence-electron chi connectivity index (χ3n) is 5.37. The van der Waals surface area contributed by atoms with Crippen molar-refractivity contribution >= 4 is 22.7 Å². The molecule has 7 heteroatoms. The quantitative estimate of drug-likeness (QED) is 0.714. The van der Waals surface area contributed by atoms with E-state index in [1.807, 2.05) is 40.8 Å². The van der Waals surface area contributed by atoms with Gasteiger partial charge >= 0.3 is 5.69 Å². The van der Waals surface area contributed by atoms with Crippen molar-refractivity contribution in [3.05, 3.63) is 34.7 Å². The highest BCUT2D eigenvalue weighted by Crippen LogP contribution is 2.23. The molecule has 132 valence electrons. The average molecular weight is 341 g/mol. The maximum absolute atomic E-state index is 12.8. The van der Waals surface area contributed by atoms with Crippen molar-refractivity contribution < 1.29 is 4.79 Å². The number of amides is 1. The summed E-state index contributed by atoms with van der Waals surface area (Å²) in [6.45, 7) is 4.14. The van der Waals surface area contributed by atoms with Gasteiger partial charge in [0.2, 0.25) is 11.7 Å². The zero-order chi connectivity index (χ0) is 17.7. The Hall–Kier alpha value is -2.57. The van der Waals surface area contributed by atoms with Gasteiger partial charge in [0.25, 0.3) is 0 Å². The minimum atomic E-state index is -0.266. The molecule has 0 saturated carbocycles. The van der Waals surface area contributed by atoms with E-state index in [0.29, 0.717) is 5.78 Å². The van der Waals surface area contributed by atoms with Crippen LogP contribution in [-0.4, -0.2) is 41.6 Å². The minimum Gasteiger partial charge on any atom is -0.336 e. The number of aromatic nitrogens is 4. The zero-order valence-electron chi connectivity index (χ0n) is 14.8. The normalized spacial score (nSPS) is 21.3. The maximum atomic E-state index is 12.8. The molecule has 0 aliphatic carbocycles. The molecule has 1 aromatic carbocycles. The first-order valence-corrected chi connectivity index (χ1v) is 8.83. The number of hydrogen-bond donors (Lipinski definition) is 0. The fourth-order valence-corrected chi connectivity index (χ4v) is 4.09. The van der Waals surface area contributed by atoms with Crippen molar-refractivity contribution in [2.75, 3.05) is 0 Å². The number of piperidine rings is 1. The Balaban J connectivity index is 1.73. The molecule has 2 atom stereocenters. The Morgan fingerprint density at radius 2 is 1.80 bits per heavy atom. The number of benzene rings is 1. The summed E-state index contributed by atoms with van der Waals surface area (Å²) in [5, 5.41) is 4.42. The second-order valence-corrected chi connectivity index (χ2v) is 7.05. The number of carbonyl (C=O) groups is 1. The lowest BCUT2D eigenvalue weighted by molar-refractivity contribution is -0.138. The lowest BCUT2D eigenvalue weighted by atomic mass is 9.97. The molecule has 25 heavy (non-hydrogen) atoms. The van der Waals surface area contributed by atoms with E-state index in [0.717, 1.165) is 30.3 Å². The van der Waals surface area contributed by atoms with E-state index < -0.39 is 0 Å². The van der Waals surface area contributed by atoms with Gasteiger partial charge < -0.3 is 9.47 Å². The van der Waals surface area contributed by atoms with Crippen molar-refractivity contribution in [2.24, 2.45) is 7.05 Å². The number of fused-ring (bicyclic) bond motifs is 3. The number of hydrogen-bond acceptors (Lipinski definition) is 3. The lowest BCUT2D eigenvalue weighted by Gasteiger charge is -2.39. The van der Waals surface area contributed by atoms with Crippen LogP contribution in [0.5, 0.6) is 0 Å². The number of imidazole rings is 1. The summed E-state index contributed by atoms with van der Waals surface area (Å²) in [7, 11) is 1.88. The molecule has 0 N–H and O–H groups in total. The summed E-state index contributed by atoms with van der Waals surface area (Å²) in [6, 6.07) is 8.11. The van der Waals surface area contributed by atoms with Gasteiger partial charge in [-0.1, -0.05) is 12.1 Å². The summed E-state index contributed by atoms with van der Waals surface area (Å²) in [6.07, 6.45) is 3.17. The summed E-state index contributed by atoms with van der Waals surface area (Å²) >= 11 is 0. The van der Waals surface area contributed by atoms with Gasteiger partial charge in [0.15, 0.2) is 0 Å². The predicted molar refractivity (Wildman–Crippen MR) is 95.6 cm³/mol. The molecule has 2 aromatic heterocycles. The van der Waals surface area contributed by atoms with Gasteiger partial charge in [-0.25, -0.2) is 13.9 Å². The van der Waals surface area contributed by atoms with Crippen molar-refractivity contribution in [2.45, 2.75) is 51.7 Å². The Labute approximate surface area is 145 Å². The second-order valence-electron chi connectivity index (χ2n) is 7.05. The van der Waals surface area contributed by atoms with Gasteiger partial charge in [0, 0.05) is 19.1 Å². The van der Waals surface area contributed by atoms with E-state index in [9.17, 15) is 9.59 Å². The van der Waals surface area contributed by atoms with E-state index in [-0.39, 0.29) is 30.2 Å². The van der Waals surface area contributed by atoms with E-state index >= 15 is 0 Å². The van der Waals surface area contributed by atoms with Crippen molar-refractivity contribution in [1.29, 1.82) is 0 Å². The van der Waals surface area contributed by atoms with Gasteiger partial charge in [0.1, 0.15) is 6.54 Å². The zero-order valence-corrected chi connectivity index (χ0v) is 14.8. The number of likely N-dealkylation sites (tertiary alicyclic amines) is 1. The summed E-state index contributed by atoms with van der Waals surface area (Å²) in [5.74, 6) is 0.522. The van der Waals surface area contributed by atoms with Crippen LogP contribution in [0.15, 0.2) is 29.1 Å². The molecule has 7 nitrogen and oxygen atoms in total. The van der Waals surface area contributed by atoms with Crippen LogP contribution >= 0.6 is 0 Å². The second kappa shape index (κ2) is 5.75. The van der Waals surface area contributed by atoms with Crippen molar-refractivity contribution in [3.63, 3.8) is 0 Å². The van der Waals surface area contributed by atoms with Crippen LogP contribution in [0.2, 0.25) is 0 Å². The van der Waals surface area contributed by atoms with Crippen LogP contribution in [0.4, 0.5) is 0 Å². The molecular formula is C18H23N5O2. The van der Waals surface area contributed by atoms with Crippen LogP contribution in [0.1, 0.15) is 33.1 Å². The third kappa shape index (κ3) is 2.37. The largest absolute Gasteiger partial charge is 0.352 e. The van der Waals surface area contributed by atoms with Crippen LogP contribution in [0.3, 0.4) is 0 Å². The molecular weight excluding hydrogens is 318 g/mol. The van der Waals surface area contributed by atoms with Crippen molar-refractivity contribution in [3.8, 4) is 0 Å². The molecule has 2 unspecified atom stereocenters. The van der Waals surface area contributed by atoms with Crippen molar-refractivity contribution in [1.82, 2.24) is 23.6 Å². The fraction of sp³-hybridized carbons (Fsp3) is 0.500. The van der Waals surface area contributed by atoms with Gasteiger partial charge in [-0.15, -0.1) is 5.10 Å². The highest BCUT2D eigenvalue weighted by Gasteiger charge is 2.29. The highest BCUT2D eigenvalue weighted by molar-refractivity contribution is 5.80. The molecule has 1 aliphatic rings. The Kier molecular flexibility index (Phi) is 3.67. The van der Waals surface area contributed by atoms with Crippen LogP contribution in [0, 0.1) is 0 Å². The van der Waals surface area contributed by atoms with Gasteiger partial charge in [0.05, 0.1) is 11.0 Å². The molecule has 4 rings (SSSR count). The fourth-order valence-electron chi connectivity index (χ4n) is 4.09. The maximum Gasteiger partial charge on any atom is 0.352 e. The number of rotatable bonds is 2. The van der Waals surface area contributed by atoms with E-state index in [1.54, 1.807) is 4.40 Å². The molecule has 0 spiro atoms. The summed E-state index contributed by atoms with van der Waals surface area (Å²) in [4.78, 5) is 27.5. The lowest BCUT2D eigenvalue weighted by Crippen LogP contribution is -2.49. The SMILES string of the molecule is CC1CCCC(C)N1C(=O)Cn1nc2n(C)c3ccccc3n2c1=O. The monoisotopic (exact) mass is 341 g/mol. The molecule has 1 aliphatic heterocycles. The van der Waals surface area contributed by atoms with Gasteiger partial charge in [-0.05, 0) is 45.2 Å². The predicted octanol–water partition coefficient (Wildman–Crippen LogP) is 1.78. The smallest absolute Gasteiger partial charge is 0.336 e. The molecule has 0 radical (unpaired) electrons. The first-order chi connectivity index (χ1) is 12.0. The van der Waals surface area contributed by atoms with Crippen LogP contribution in [-0.2, 0) is 18.4 Å². The average Bonchev–Trinajstić information content (AvgIpc) is 3.04. The number of nitrogens with zero attached hydrogens (tertiary/aromatic N) is 5. The van der Waals surface area contributed by atoms with Crippen LogP contribution in [0.25, 0.3) is 16.8 Å². The molecule has 1 amide bonds. The molecule has 3 aromatic rings. The number of para-hydroxylation sites is 2. The Morgan fingerprint density at radius 1 is 1.16 bits per heavy atom. The van der Waals surface area contributed by atoms with E-state index in [2.05, 4.69) is 18.9 Å². The molecule has 1 fully saturated rings. The number of aryl methyl sites for hydroxylation is 1. The molecule has 1 saturated heterocycles. The molecule has 0 bridgehead atoms. The van der Waals surface area contributed by atoms with E-state index in [4.69, 9.17) is 0 Å². The first kappa shape index (κ1) is 15.9. The standard InChI is InChI=1S/C18H23N5O2/c1-12-7-6-8-13(2)22(12)16(24)11-21-18(25)23-15-10-5-4-9-14(15)20(3)17(23)19-21/h4-5,9-10,12-13H,6-8,11H2,1-3H3. The minimum absolute atomic E-state index is 0.0104.